The lowest BCUT2D eigenvalue weighted by Crippen LogP contribution is -2.24. The number of methoxy groups -OCH3 is 1. The zero-order valence-electron chi connectivity index (χ0n) is 10.0. The monoisotopic (exact) mass is 227 g/mol. The highest BCUT2D eigenvalue weighted by Crippen LogP contribution is 2.24. The molecule has 1 heterocycles. The van der Waals surface area contributed by atoms with Crippen LogP contribution in [0.1, 0.15) is 36.8 Å². The Kier molecular flexibility index (Phi) is 5.29. The van der Waals surface area contributed by atoms with E-state index in [9.17, 15) is 0 Å². The van der Waals surface area contributed by atoms with Gasteiger partial charge in [-0.15, -0.1) is 11.3 Å². The van der Waals surface area contributed by atoms with E-state index in [2.05, 4.69) is 37.5 Å². The summed E-state index contributed by atoms with van der Waals surface area (Å²) in [5.74, 6) is 0. The summed E-state index contributed by atoms with van der Waals surface area (Å²) < 4.78 is 5.32. The van der Waals surface area contributed by atoms with Gasteiger partial charge in [-0.1, -0.05) is 6.92 Å². The second-order valence-electron chi connectivity index (χ2n) is 3.88. The van der Waals surface area contributed by atoms with E-state index in [4.69, 9.17) is 4.74 Å². The largest absolute Gasteiger partial charge is 0.382 e. The predicted octanol–water partition coefficient (Wildman–Crippen LogP) is 3.13. The third kappa shape index (κ3) is 3.93. The highest BCUT2D eigenvalue weighted by Gasteiger charge is 2.14. The van der Waals surface area contributed by atoms with E-state index < -0.39 is 0 Å². The number of aryl methyl sites for hydroxylation is 1. The van der Waals surface area contributed by atoms with Crippen molar-refractivity contribution < 1.29 is 4.74 Å². The van der Waals surface area contributed by atoms with E-state index in [1.165, 1.54) is 10.4 Å². The molecule has 0 radical (unpaired) electrons. The van der Waals surface area contributed by atoms with Gasteiger partial charge in [0.1, 0.15) is 0 Å². The molecule has 0 fully saturated rings. The van der Waals surface area contributed by atoms with Crippen molar-refractivity contribution in [2.45, 2.75) is 39.3 Å². The van der Waals surface area contributed by atoms with Gasteiger partial charge in [0.05, 0.1) is 6.10 Å². The Morgan fingerprint density at radius 2 is 2.27 bits per heavy atom. The minimum Gasteiger partial charge on any atom is -0.382 e. The summed E-state index contributed by atoms with van der Waals surface area (Å²) in [5, 5.41) is 5.75. The number of hydrogen-bond acceptors (Lipinski definition) is 3. The Bertz CT molecular complexity index is 285. The molecule has 15 heavy (non-hydrogen) atoms. The second kappa shape index (κ2) is 6.26. The van der Waals surface area contributed by atoms with Crippen LogP contribution in [0.15, 0.2) is 11.4 Å². The van der Waals surface area contributed by atoms with Gasteiger partial charge in [0.2, 0.25) is 0 Å². The highest BCUT2D eigenvalue weighted by molar-refractivity contribution is 7.10. The number of thiophene rings is 1. The smallest absolute Gasteiger partial charge is 0.0561 e. The first-order chi connectivity index (χ1) is 7.17. The first kappa shape index (κ1) is 12.7. The molecule has 2 atom stereocenters. The van der Waals surface area contributed by atoms with Crippen LogP contribution in [0.3, 0.4) is 0 Å². The minimum atomic E-state index is 0.300. The summed E-state index contributed by atoms with van der Waals surface area (Å²) >= 11 is 1.81. The van der Waals surface area contributed by atoms with Crippen LogP contribution in [0, 0.1) is 6.92 Å². The molecule has 1 aromatic rings. The summed E-state index contributed by atoms with van der Waals surface area (Å²) in [5.41, 5.74) is 1.39. The maximum absolute atomic E-state index is 5.32. The lowest BCUT2D eigenvalue weighted by atomic mass is 10.0. The second-order valence-corrected chi connectivity index (χ2v) is 5.00. The Morgan fingerprint density at radius 3 is 2.73 bits per heavy atom. The Balaban J connectivity index is 2.65. The number of ether oxygens (including phenoxy) is 1. The molecule has 0 saturated heterocycles. The molecule has 0 saturated carbocycles. The van der Waals surface area contributed by atoms with E-state index in [1.54, 1.807) is 7.11 Å². The molecule has 0 aliphatic carbocycles. The maximum atomic E-state index is 5.32. The van der Waals surface area contributed by atoms with E-state index >= 15 is 0 Å². The van der Waals surface area contributed by atoms with Crippen LogP contribution >= 0.6 is 11.3 Å². The summed E-state index contributed by atoms with van der Waals surface area (Å²) in [6.07, 6.45) is 1.33. The normalized spacial score (nSPS) is 15.2. The third-order valence-corrected chi connectivity index (χ3v) is 3.45. The van der Waals surface area contributed by atoms with Crippen LogP contribution in [0.4, 0.5) is 0 Å². The van der Waals surface area contributed by atoms with Gasteiger partial charge in [-0.2, -0.15) is 0 Å². The van der Waals surface area contributed by atoms with Crippen molar-refractivity contribution in [3.05, 3.63) is 21.9 Å². The van der Waals surface area contributed by atoms with E-state index in [-0.39, 0.29) is 0 Å². The zero-order valence-corrected chi connectivity index (χ0v) is 10.9. The Morgan fingerprint density at radius 1 is 1.53 bits per heavy atom. The highest BCUT2D eigenvalue weighted by atomic mass is 32.1. The summed E-state index contributed by atoms with van der Waals surface area (Å²) in [4.78, 5) is 1.37. The lowest BCUT2D eigenvalue weighted by molar-refractivity contribution is 0.101. The van der Waals surface area contributed by atoms with Crippen molar-refractivity contribution in [3.63, 3.8) is 0 Å². The molecule has 0 amide bonds. The molecule has 1 aromatic heterocycles. The van der Waals surface area contributed by atoms with Crippen LogP contribution in [0.5, 0.6) is 0 Å². The van der Waals surface area contributed by atoms with Crippen molar-refractivity contribution in [1.29, 1.82) is 0 Å². The number of rotatable bonds is 6. The third-order valence-electron chi connectivity index (χ3n) is 2.57. The number of hydrogen-bond donors (Lipinski definition) is 1. The fourth-order valence-electron chi connectivity index (χ4n) is 1.66. The lowest BCUT2D eigenvalue weighted by Gasteiger charge is -2.20. The van der Waals surface area contributed by atoms with Crippen molar-refractivity contribution in [2.24, 2.45) is 0 Å². The van der Waals surface area contributed by atoms with Crippen molar-refractivity contribution in [1.82, 2.24) is 5.32 Å². The average molecular weight is 227 g/mol. The minimum absolute atomic E-state index is 0.300. The van der Waals surface area contributed by atoms with E-state index in [0.29, 0.717) is 12.1 Å². The van der Waals surface area contributed by atoms with Gasteiger partial charge in [-0.25, -0.2) is 0 Å². The summed E-state index contributed by atoms with van der Waals surface area (Å²) in [6, 6.07) is 2.69. The topological polar surface area (TPSA) is 21.3 Å². The summed E-state index contributed by atoms with van der Waals surface area (Å²) in [6.45, 7) is 7.40. The van der Waals surface area contributed by atoms with Gasteiger partial charge in [0, 0.05) is 18.0 Å². The maximum Gasteiger partial charge on any atom is 0.0561 e. The fourth-order valence-corrected chi connectivity index (χ4v) is 2.42. The molecular weight excluding hydrogens is 206 g/mol. The average Bonchev–Trinajstić information content (AvgIpc) is 2.64. The van der Waals surface area contributed by atoms with Gasteiger partial charge >= 0.3 is 0 Å². The van der Waals surface area contributed by atoms with Crippen LogP contribution in [-0.4, -0.2) is 19.8 Å². The molecule has 86 valence electrons. The van der Waals surface area contributed by atoms with Crippen molar-refractivity contribution in [3.8, 4) is 0 Å². The molecule has 3 heteroatoms. The molecule has 2 unspecified atom stereocenters. The van der Waals surface area contributed by atoms with Gasteiger partial charge in [0.25, 0.3) is 0 Å². The van der Waals surface area contributed by atoms with Gasteiger partial charge < -0.3 is 10.1 Å². The van der Waals surface area contributed by atoms with E-state index in [0.717, 1.165) is 13.0 Å². The van der Waals surface area contributed by atoms with Gasteiger partial charge in [-0.3, -0.25) is 0 Å². The molecule has 0 spiro atoms. The van der Waals surface area contributed by atoms with Crippen LogP contribution in [-0.2, 0) is 4.74 Å². The quantitative estimate of drug-likeness (QED) is 0.806. The molecule has 0 aromatic carbocycles. The molecule has 0 aliphatic rings. The molecular formula is C12H21NOS. The SMILES string of the molecule is CCNC(CC(C)OC)c1csc(C)c1. The van der Waals surface area contributed by atoms with Crippen LogP contribution in [0.25, 0.3) is 0 Å². The molecule has 1 N–H and O–H groups in total. The molecule has 1 rings (SSSR count). The van der Waals surface area contributed by atoms with E-state index in [1.807, 2.05) is 11.3 Å². The van der Waals surface area contributed by atoms with Crippen molar-refractivity contribution >= 4 is 11.3 Å². The Labute approximate surface area is 96.7 Å². The number of nitrogens with one attached hydrogen (secondary N) is 1. The zero-order chi connectivity index (χ0) is 11.3. The molecule has 0 aliphatic heterocycles. The van der Waals surface area contributed by atoms with Gasteiger partial charge in [0.15, 0.2) is 0 Å². The van der Waals surface area contributed by atoms with Crippen molar-refractivity contribution in [2.75, 3.05) is 13.7 Å². The van der Waals surface area contributed by atoms with Crippen LogP contribution < -0.4 is 5.32 Å². The summed E-state index contributed by atoms with van der Waals surface area (Å²) in [7, 11) is 1.77. The fraction of sp³-hybridized carbons (Fsp3) is 0.667. The molecule has 2 nitrogen and oxygen atoms in total. The molecule has 0 bridgehead atoms. The van der Waals surface area contributed by atoms with Crippen LogP contribution in [0.2, 0.25) is 0 Å². The standard InChI is InChI=1S/C12H21NOS/c1-5-13-12(6-9(2)14-4)11-7-10(3)15-8-11/h7-9,12-13H,5-6H2,1-4H3. The first-order valence-electron chi connectivity index (χ1n) is 5.48. The Hall–Kier alpha value is -0.380. The predicted molar refractivity (Wildman–Crippen MR) is 66.6 cm³/mol. The first-order valence-corrected chi connectivity index (χ1v) is 6.36. The van der Waals surface area contributed by atoms with Gasteiger partial charge in [-0.05, 0) is 43.8 Å².